The number of rotatable bonds is 6. The van der Waals surface area contributed by atoms with Crippen LogP contribution in [0, 0.1) is 12.7 Å². The van der Waals surface area contributed by atoms with Crippen LogP contribution in [0.1, 0.15) is 31.5 Å². The van der Waals surface area contributed by atoms with E-state index in [2.05, 4.69) is 25.9 Å². The summed E-state index contributed by atoms with van der Waals surface area (Å²) in [6.45, 7) is 5.26. The third-order valence-corrected chi connectivity index (χ3v) is 3.68. The van der Waals surface area contributed by atoms with Gasteiger partial charge in [0.15, 0.2) is 0 Å². The minimum absolute atomic E-state index is 0.283. The maximum absolute atomic E-state index is 13.0. The third-order valence-electron chi connectivity index (χ3n) is 3.68. The molecule has 0 unspecified atom stereocenters. The Hall–Kier alpha value is -3.07. The summed E-state index contributed by atoms with van der Waals surface area (Å²) in [5, 5.41) is 13.3. The van der Waals surface area contributed by atoms with Crippen LogP contribution in [0.5, 0.6) is 0 Å². The Balaban J connectivity index is 1.61. The molecule has 0 saturated carbocycles. The zero-order chi connectivity index (χ0) is 18.7. The van der Waals surface area contributed by atoms with E-state index in [9.17, 15) is 9.18 Å². The van der Waals surface area contributed by atoms with E-state index in [1.165, 1.54) is 12.1 Å². The van der Waals surface area contributed by atoms with Gasteiger partial charge in [-0.3, -0.25) is 15.4 Å². The van der Waals surface area contributed by atoms with E-state index in [0.29, 0.717) is 23.0 Å². The molecule has 8 nitrogen and oxygen atoms in total. The van der Waals surface area contributed by atoms with E-state index in [0.717, 1.165) is 0 Å². The van der Waals surface area contributed by atoms with Gasteiger partial charge in [-0.25, -0.2) is 4.39 Å². The number of carbonyl (C=O) groups excluding carboxylic acids is 1. The molecule has 0 bridgehead atoms. The molecule has 136 valence electrons. The predicted molar refractivity (Wildman–Crippen MR) is 90.6 cm³/mol. The quantitative estimate of drug-likeness (QED) is 0.697. The summed E-state index contributed by atoms with van der Waals surface area (Å²) in [6.07, 6.45) is 0. The van der Waals surface area contributed by atoms with Gasteiger partial charge in [0.25, 0.3) is 0 Å². The minimum atomic E-state index is -0.545. The Morgan fingerprint density at radius 1 is 1.15 bits per heavy atom. The molecule has 3 aromatic rings. The van der Waals surface area contributed by atoms with E-state index in [1.54, 1.807) is 39.0 Å². The number of nitrogens with one attached hydrogen (secondary N) is 2. The van der Waals surface area contributed by atoms with Crippen LogP contribution >= 0.6 is 0 Å². The smallest absolute Gasteiger partial charge is 0.243 e. The number of benzene rings is 1. The Kier molecular flexibility index (Phi) is 5.08. The number of halogens is 1. The molecule has 0 aliphatic heterocycles. The molecule has 26 heavy (non-hydrogen) atoms. The Bertz CT molecular complexity index is 890. The second-order valence-corrected chi connectivity index (χ2v) is 5.89. The first kappa shape index (κ1) is 17.7. The standard InChI is InChI=1S/C17H18FN5O3/c1-9-8-14(25-22-9)20-16(24)10(2)19-11(3)17-21-15(23-26-17)12-4-6-13(18)7-5-12/h4-8,10-11,19H,1-3H3,(H,20,24)/t10-,11+/m0/s1. The summed E-state index contributed by atoms with van der Waals surface area (Å²) in [7, 11) is 0. The molecule has 9 heteroatoms. The van der Waals surface area contributed by atoms with Gasteiger partial charge in [-0.2, -0.15) is 4.98 Å². The molecule has 2 N–H and O–H groups in total. The maximum atomic E-state index is 13.0. The lowest BCUT2D eigenvalue weighted by molar-refractivity contribution is -0.118. The highest BCUT2D eigenvalue weighted by Gasteiger charge is 2.21. The number of amides is 1. The van der Waals surface area contributed by atoms with Crippen LogP contribution in [0.3, 0.4) is 0 Å². The zero-order valence-corrected chi connectivity index (χ0v) is 14.5. The summed E-state index contributed by atoms with van der Waals surface area (Å²) in [4.78, 5) is 16.5. The van der Waals surface area contributed by atoms with Crippen LogP contribution in [-0.2, 0) is 4.79 Å². The second-order valence-electron chi connectivity index (χ2n) is 5.89. The monoisotopic (exact) mass is 359 g/mol. The molecule has 1 aromatic carbocycles. The van der Waals surface area contributed by atoms with Crippen molar-refractivity contribution in [1.82, 2.24) is 20.6 Å². The highest BCUT2D eigenvalue weighted by atomic mass is 19.1. The van der Waals surface area contributed by atoms with Crippen molar-refractivity contribution in [3.8, 4) is 11.4 Å². The lowest BCUT2D eigenvalue weighted by Gasteiger charge is -2.16. The number of hydrogen-bond acceptors (Lipinski definition) is 7. The van der Waals surface area contributed by atoms with Gasteiger partial charge in [-0.15, -0.1) is 0 Å². The Morgan fingerprint density at radius 2 is 1.88 bits per heavy atom. The van der Waals surface area contributed by atoms with Crippen molar-refractivity contribution in [3.05, 3.63) is 47.7 Å². The molecule has 0 aliphatic rings. The molecular formula is C17H18FN5O3. The lowest BCUT2D eigenvalue weighted by atomic mass is 10.2. The average molecular weight is 359 g/mol. The number of aromatic nitrogens is 3. The van der Waals surface area contributed by atoms with Crippen LogP contribution in [0.25, 0.3) is 11.4 Å². The van der Waals surface area contributed by atoms with Gasteiger partial charge >= 0.3 is 0 Å². The molecule has 0 spiro atoms. The van der Waals surface area contributed by atoms with Crippen molar-refractivity contribution in [2.75, 3.05) is 5.32 Å². The van der Waals surface area contributed by atoms with Gasteiger partial charge in [0, 0.05) is 11.6 Å². The van der Waals surface area contributed by atoms with Crippen molar-refractivity contribution >= 4 is 11.8 Å². The topological polar surface area (TPSA) is 106 Å². The fourth-order valence-electron chi connectivity index (χ4n) is 2.30. The molecule has 2 aromatic heterocycles. The molecule has 1 amide bonds. The van der Waals surface area contributed by atoms with E-state index in [1.807, 2.05) is 0 Å². The van der Waals surface area contributed by atoms with Crippen LogP contribution in [0.4, 0.5) is 10.3 Å². The molecule has 0 saturated heterocycles. The molecule has 0 radical (unpaired) electrons. The summed E-state index contributed by atoms with van der Waals surface area (Å²) < 4.78 is 23.2. The number of aryl methyl sites for hydroxylation is 1. The second kappa shape index (κ2) is 7.44. The lowest BCUT2D eigenvalue weighted by Crippen LogP contribution is -2.39. The SMILES string of the molecule is Cc1cc(NC(=O)[C@H](C)N[C@H](C)c2nc(-c3ccc(F)cc3)no2)on1. The van der Waals surface area contributed by atoms with Gasteiger partial charge in [-0.05, 0) is 45.0 Å². The van der Waals surface area contributed by atoms with E-state index < -0.39 is 6.04 Å². The molecule has 2 heterocycles. The largest absolute Gasteiger partial charge is 0.338 e. The van der Waals surface area contributed by atoms with Crippen LogP contribution in [-0.4, -0.2) is 27.2 Å². The summed E-state index contributed by atoms with van der Waals surface area (Å²) >= 11 is 0. The highest BCUT2D eigenvalue weighted by Crippen LogP contribution is 2.19. The van der Waals surface area contributed by atoms with E-state index >= 15 is 0 Å². The van der Waals surface area contributed by atoms with Crippen LogP contribution in [0.2, 0.25) is 0 Å². The fraction of sp³-hybridized carbons (Fsp3) is 0.294. The van der Waals surface area contributed by atoms with Crippen LogP contribution in [0.15, 0.2) is 39.4 Å². The number of carbonyl (C=O) groups is 1. The molecule has 0 fully saturated rings. The van der Waals surface area contributed by atoms with Crippen molar-refractivity contribution in [1.29, 1.82) is 0 Å². The number of nitrogens with zero attached hydrogens (tertiary/aromatic N) is 3. The molecular weight excluding hydrogens is 341 g/mol. The molecule has 3 rings (SSSR count). The number of anilines is 1. The van der Waals surface area contributed by atoms with E-state index in [-0.39, 0.29) is 23.7 Å². The van der Waals surface area contributed by atoms with E-state index in [4.69, 9.17) is 9.05 Å². The Labute approximate surface area is 148 Å². The normalized spacial score (nSPS) is 13.4. The molecule has 0 aliphatic carbocycles. The Morgan fingerprint density at radius 3 is 2.54 bits per heavy atom. The first-order valence-corrected chi connectivity index (χ1v) is 8.02. The van der Waals surface area contributed by atoms with Gasteiger partial charge in [0.05, 0.1) is 17.8 Å². The van der Waals surface area contributed by atoms with Crippen molar-refractivity contribution < 1.29 is 18.2 Å². The maximum Gasteiger partial charge on any atom is 0.243 e. The zero-order valence-electron chi connectivity index (χ0n) is 14.5. The predicted octanol–water partition coefficient (Wildman–Crippen LogP) is 2.85. The summed E-state index contributed by atoms with van der Waals surface area (Å²) in [5.74, 6) is 0.327. The fourth-order valence-corrected chi connectivity index (χ4v) is 2.30. The number of hydrogen-bond donors (Lipinski definition) is 2. The first-order valence-electron chi connectivity index (χ1n) is 8.02. The van der Waals surface area contributed by atoms with Gasteiger partial charge < -0.3 is 9.05 Å². The first-order chi connectivity index (χ1) is 12.4. The summed E-state index contributed by atoms with van der Waals surface area (Å²) in [6, 6.07) is 6.50. The van der Waals surface area contributed by atoms with Crippen molar-refractivity contribution in [3.63, 3.8) is 0 Å². The van der Waals surface area contributed by atoms with Gasteiger partial charge in [0.2, 0.25) is 23.5 Å². The van der Waals surface area contributed by atoms with Crippen LogP contribution < -0.4 is 10.6 Å². The van der Waals surface area contributed by atoms with Crippen molar-refractivity contribution in [2.24, 2.45) is 0 Å². The average Bonchev–Trinajstić information content (AvgIpc) is 3.25. The van der Waals surface area contributed by atoms with Gasteiger partial charge in [-0.1, -0.05) is 10.3 Å². The minimum Gasteiger partial charge on any atom is -0.338 e. The van der Waals surface area contributed by atoms with Crippen molar-refractivity contribution in [2.45, 2.75) is 32.9 Å². The highest BCUT2D eigenvalue weighted by molar-refractivity contribution is 5.93. The van der Waals surface area contributed by atoms with Gasteiger partial charge in [0.1, 0.15) is 5.82 Å². The summed E-state index contributed by atoms with van der Waals surface area (Å²) in [5.41, 5.74) is 1.31. The molecule has 2 atom stereocenters. The third kappa shape index (κ3) is 4.12.